The van der Waals surface area contributed by atoms with Gasteiger partial charge in [-0.3, -0.25) is 9.59 Å². The molecule has 9 heteroatoms. The Hall–Kier alpha value is -2.48. The molecule has 1 aromatic carbocycles. The topological polar surface area (TPSA) is 131 Å². The molecule has 0 radical (unpaired) electrons. The first-order valence-electron chi connectivity index (χ1n) is 5.92. The minimum Gasteiger partial charge on any atom is -0.478 e. The summed E-state index contributed by atoms with van der Waals surface area (Å²) < 4.78 is 5.45. The number of rotatable bonds is 4. The van der Waals surface area contributed by atoms with Gasteiger partial charge in [0.05, 0.1) is 5.69 Å². The molecule has 112 valence electrons. The molecular formula is C12H12ClN3O5. The molecule has 1 aromatic rings. The lowest BCUT2D eigenvalue weighted by Gasteiger charge is -2.27. The Morgan fingerprint density at radius 2 is 2.24 bits per heavy atom. The summed E-state index contributed by atoms with van der Waals surface area (Å²) in [6.07, 6.45) is -2.70. The van der Waals surface area contributed by atoms with Gasteiger partial charge in [-0.1, -0.05) is 11.6 Å². The normalized spacial score (nSPS) is 18.0. The van der Waals surface area contributed by atoms with Crippen molar-refractivity contribution in [3.05, 3.63) is 23.2 Å². The number of halogens is 1. The number of carbonyl (C=O) groups is 3. The fraction of sp³-hybridized carbons (Fsp3) is 0.250. The number of amides is 3. The summed E-state index contributed by atoms with van der Waals surface area (Å²) in [4.78, 5) is 33.7. The lowest BCUT2D eigenvalue weighted by atomic mass is 10.1. The number of benzene rings is 1. The SMILES string of the molecule is NC(=O)[C@H](C[C@@H]1Oc2cc(Cl)ccc2NC1=O)NC(=O)O. The molecule has 3 amide bonds. The van der Waals surface area contributed by atoms with Crippen LogP contribution in [0.3, 0.4) is 0 Å². The van der Waals surface area contributed by atoms with Crippen molar-refractivity contribution < 1.29 is 24.2 Å². The molecule has 8 nitrogen and oxygen atoms in total. The van der Waals surface area contributed by atoms with Gasteiger partial charge in [-0.15, -0.1) is 0 Å². The van der Waals surface area contributed by atoms with Crippen molar-refractivity contribution in [3.8, 4) is 5.75 Å². The first-order chi connectivity index (χ1) is 9.86. The zero-order valence-electron chi connectivity index (χ0n) is 10.6. The minimum atomic E-state index is -1.42. The van der Waals surface area contributed by atoms with Crippen molar-refractivity contribution in [1.82, 2.24) is 5.32 Å². The predicted molar refractivity (Wildman–Crippen MR) is 73.3 cm³/mol. The van der Waals surface area contributed by atoms with Crippen LogP contribution in [-0.2, 0) is 9.59 Å². The van der Waals surface area contributed by atoms with Gasteiger partial charge >= 0.3 is 6.09 Å². The van der Waals surface area contributed by atoms with Crippen LogP contribution in [0.4, 0.5) is 10.5 Å². The summed E-state index contributed by atoms with van der Waals surface area (Å²) in [6.45, 7) is 0. The van der Waals surface area contributed by atoms with Crippen LogP contribution in [0.2, 0.25) is 5.02 Å². The summed E-state index contributed by atoms with van der Waals surface area (Å²) in [5.41, 5.74) is 5.54. The summed E-state index contributed by atoms with van der Waals surface area (Å²) in [5.74, 6) is -1.06. The molecule has 0 bridgehead atoms. The maximum atomic E-state index is 11.9. The molecule has 1 aliphatic rings. The van der Waals surface area contributed by atoms with Gasteiger partial charge < -0.3 is 26.2 Å². The molecule has 0 fully saturated rings. The van der Waals surface area contributed by atoms with Crippen LogP contribution in [0.25, 0.3) is 0 Å². The van der Waals surface area contributed by atoms with Gasteiger partial charge in [-0.2, -0.15) is 0 Å². The Labute approximate surface area is 124 Å². The second-order valence-corrected chi connectivity index (χ2v) is 4.81. The summed E-state index contributed by atoms with van der Waals surface area (Å²) in [6, 6.07) is 3.43. The molecule has 0 saturated heterocycles. The lowest BCUT2D eigenvalue weighted by molar-refractivity contribution is -0.125. The van der Waals surface area contributed by atoms with Crippen molar-refractivity contribution in [1.29, 1.82) is 0 Å². The van der Waals surface area contributed by atoms with Gasteiger partial charge in [0.1, 0.15) is 11.8 Å². The average Bonchev–Trinajstić information content (AvgIpc) is 2.38. The number of fused-ring (bicyclic) bond motifs is 1. The zero-order chi connectivity index (χ0) is 15.6. The standard InChI is InChI=1S/C12H12ClN3O5/c13-5-1-2-6-8(3-5)21-9(11(18)15-6)4-7(10(14)17)16-12(19)20/h1-3,7,9,16H,4H2,(H2,14,17)(H,15,18)(H,19,20)/t7-,9-/m0/s1. The first-order valence-corrected chi connectivity index (χ1v) is 6.30. The molecule has 1 heterocycles. The summed E-state index contributed by atoms with van der Waals surface area (Å²) in [7, 11) is 0. The van der Waals surface area contributed by atoms with E-state index in [0.29, 0.717) is 16.5 Å². The molecule has 1 aliphatic heterocycles. The van der Waals surface area contributed by atoms with Crippen molar-refractivity contribution in [2.45, 2.75) is 18.6 Å². The van der Waals surface area contributed by atoms with E-state index in [1.54, 1.807) is 12.1 Å². The summed E-state index contributed by atoms with van der Waals surface area (Å²) in [5, 5.41) is 13.6. The highest BCUT2D eigenvalue weighted by Crippen LogP contribution is 2.33. The molecule has 21 heavy (non-hydrogen) atoms. The first kappa shape index (κ1) is 14.9. The zero-order valence-corrected chi connectivity index (χ0v) is 11.4. The van der Waals surface area contributed by atoms with E-state index in [9.17, 15) is 14.4 Å². The van der Waals surface area contributed by atoms with E-state index in [1.807, 2.05) is 5.32 Å². The lowest BCUT2D eigenvalue weighted by Crippen LogP contribution is -2.49. The van der Waals surface area contributed by atoms with Crippen molar-refractivity contribution in [2.24, 2.45) is 5.73 Å². The number of carboxylic acid groups (broad SMARTS) is 1. The summed E-state index contributed by atoms with van der Waals surface area (Å²) >= 11 is 5.83. The number of nitrogens with one attached hydrogen (secondary N) is 2. The highest BCUT2D eigenvalue weighted by molar-refractivity contribution is 6.30. The van der Waals surface area contributed by atoms with Crippen LogP contribution in [-0.4, -0.2) is 35.2 Å². The molecular weight excluding hydrogens is 302 g/mol. The second-order valence-electron chi connectivity index (χ2n) is 4.38. The van der Waals surface area contributed by atoms with Crippen molar-refractivity contribution >= 4 is 35.2 Å². The van der Waals surface area contributed by atoms with E-state index >= 15 is 0 Å². The smallest absolute Gasteiger partial charge is 0.405 e. The van der Waals surface area contributed by atoms with Gasteiger partial charge in [0.2, 0.25) is 5.91 Å². The van der Waals surface area contributed by atoms with Crippen molar-refractivity contribution in [2.75, 3.05) is 5.32 Å². The number of carbonyl (C=O) groups excluding carboxylic acids is 2. The van der Waals surface area contributed by atoms with Gasteiger partial charge in [-0.05, 0) is 12.1 Å². The fourth-order valence-corrected chi connectivity index (χ4v) is 2.04. The van der Waals surface area contributed by atoms with Crippen LogP contribution < -0.4 is 21.1 Å². The van der Waals surface area contributed by atoms with E-state index in [2.05, 4.69) is 5.32 Å². The van der Waals surface area contributed by atoms with Crippen LogP contribution in [0.5, 0.6) is 5.75 Å². The largest absolute Gasteiger partial charge is 0.478 e. The van der Waals surface area contributed by atoms with E-state index in [4.69, 9.17) is 27.2 Å². The fourth-order valence-electron chi connectivity index (χ4n) is 1.88. The second kappa shape index (κ2) is 5.88. The van der Waals surface area contributed by atoms with Crippen molar-refractivity contribution in [3.63, 3.8) is 0 Å². The minimum absolute atomic E-state index is 0.223. The third kappa shape index (κ3) is 3.54. The van der Waals surface area contributed by atoms with E-state index in [0.717, 1.165) is 0 Å². The van der Waals surface area contributed by atoms with Gasteiger partial charge in [0.25, 0.3) is 5.91 Å². The van der Waals surface area contributed by atoms with Crippen LogP contribution >= 0.6 is 11.6 Å². The molecule has 0 saturated carbocycles. The Bertz CT molecular complexity index is 607. The van der Waals surface area contributed by atoms with Crippen LogP contribution in [0, 0.1) is 0 Å². The average molecular weight is 314 g/mol. The number of hydrogen-bond donors (Lipinski definition) is 4. The number of hydrogen-bond acceptors (Lipinski definition) is 4. The number of ether oxygens (including phenoxy) is 1. The molecule has 0 aromatic heterocycles. The molecule has 5 N–H and O–H groups in total. The van der Waals surface area contributed by atoms with Gasteiger partial charge in [0.15, 0.2) is 6.10 Å². The van der Waals surface area contributed by atoms with E-state index < -0.39 is 30.1 Å². The highest BCUT2D eigenvalue weighted by Gasteiger charge is 2.32. The molecule has 2 rings (SSSR count). The predicted octanol–water partition coefficient (Wildman–Crippen LogP) is 0.551. The molecule has 0 aliphatic carbocycles. The Morgan fingerprint density at radius 3 is 2.86 bits per heavy atom. The number of anilines is 1. The molecule has 0 spiro atoms. The van der Waals surface area contributed by atoms with Crippen LogP contribution in [0.1, 0.15) is 6.42 Å². The maximum Gasteiger partial charge on any atom is 0.405 e. The monoisotopic (exact) mass is 313 g/mol. The Balaban J connectivity index is 2.15. The Morgan fingerprint density at radius 1 is 1.52 bits per heavy atom. The Kier molecular flexibility index (Phi) is 4.18. The van der Waals surface area contributed by atoms with E-state index in [1.165, 1.54) is 6.07 Å². The van der Waals surface area contributed by atoms with Gasteiger partial charge in [0, 0.05) is 17.5 Å². The highest BCUT2D eigenvalue weighted by atomic mass is 35.5. The van der Waals surface area contributed by atoms with Gasteiger partial charge in [-0.25, -0.2) is 4.79 Å². The third-order valence-electron chi connectivity index (χ3n) is 2.85. The number of primary amides is 1. The molecule has 2 atom stereocenters. The quantitative estimate of drug-likeness (QED) is 0.644. The third-order valence-corrected chi connectivity index (χ3v) is 3.09. The number of nitrogens with two attached hydrogens (primary N) is 1. The molecule has 0 unspecified atom stereocenters. The van der Waals surface area contributed by atoms with Crippen LogP contribution in [0.15, 0.2) is 18.2 Å². The van der Waals surface area contributed by atoms with E-state index in [-0.39, 0.29) is 6.42 Å². The maximum absolute atomic E-state index is 11.9.